The van der Waals surface area contributed by atoms with Crippen LogP contribution in [0.1, 0.15) is 16.1 Å². The van der Waals surface area contributed by atoms with Crippen LogP contribution in [0.5, 0.6) is 0 Å². The SMILES string of the molecule is Cc1cc(=O)n(CCNC(=O)c2cccc3ccccc23)cn1. The van der Waals surface area contributed by atoms with Crippen LogP contribution in [0.4, 0.5) is 0 Å². The van der Waals surface area contributed by atoms with Gasteiger partial charge in [-0.25, -0.2) is 4.98 Å². The fourth-order valence-electron chi connectivity index (χ4n) is 2.49. The number of benzene rings is 2. The van der Waals surface area contributed by atoms with Gasteiger partial charge >= 0.3 is 0 Å². The molecule has 3 rings (SSSR count). The number of aromatic nitrogens is 2. The van der Waals surface area contributed by atoms with Crippen LogP contribution >= 0.6 is 0 Å². The maximum atomic E-state index is 12.4. The number of carbonyl (C=O) groups is 1. The van der Waals surface area contributed by atoms with E-state index in [9.17, 15) is 9.59 Å². The van der Waals surface area contributed by atoms with Crippen LogP contribution in [0, 0.1) is 6.92 Å². The molecule has 0 aliphatic heterocycles. The average molecular weight is 307 g/mol. The summed E-state index contributed by atoms with van der Waals surface area (Å²) < 4.78 is 1.48. The second-order valence-corrected chi connectivity index (χ2v) is 5.34. The van der Waals surface area contributed by atoms with Crippen molar-refractivity contribution in [3.8, 4) is 0 Å². The lowest BCUT2D eigenvalue weighted by Crippen LogP contribution is -2.31. The van der Waals surface area contributed by atoms with Gasteiger partial charge in [-0.3, -0.25) is 14.2 Å². The molecule has 0 aliphatic carbocycles. The van der Waals surface area contributed by atoms with Gasteiger partial charge in [0.15, 0.2) is 0 Å². The van der Waals surface area contributed by atoms with E-state index in [1.54, 1.807) is 13.0 Å². The molecule has 0 radical (unpaired) electrons. The Kier molecular flexibility index (Phi) is 4.19. The Hall–Kier alpha value is -2.95. The summed E-state index contributed by atoms with van der Waals surface area (Å²) in [4.78, 5) is 28.2. The summed E-state index contributed by atoms with van der Waals surface area (Å²) in [6.07, 6.45) is 1.50. The first-order valence-electron chi connectivity index (χ1n) is 7.44. The van der Waals surface area contributed by atoms with Crippen molar-refractivity contribution in [2.75, 3.05) is 6.54 Å². The fraction of sp³-hybridized carbons (Fsp3) is 0.167. The number of aryl methyl sites for hydroxylation is 1. The number of carbonyl (C=O) groups excluding carboxylic acids is 1. The van der Waals surface area contributed by atoms with Crippen LogP contribution in [0.15, 0.2) is 59.7 Å². The third-order valence-corrected chi connectivity index (χ3v) is 3.69. The summed E-state index contributed by atoms with van der Waals surface area (Å²) in [7, 11) is 0. The molecular weight excluding hydrogens is 290 g/mol. The maximum absolute atomic E-state index is 12.4. The highest BCUT2D eigenvalue weighted by molar-refractivity contribution is 6.06. The second kappa shape index (κ2) is 6.44. The molecule has 1 N–H and O–H groups in total. The summed E-state index contributed by atoms with van der Waals surface area (Å²) in [5.41, 5.74) is 1.21. The summed E-state index contributed by atoms with van der Waals surface area (Å²) >= 11 is 0. The lowest BCUT2D eigenvalue weighted by atomic mass is 10.0. The minimum atomic E-state index is -0.144. The van der Waals surface area contributed by atoms with E-state index in [2.05, 4.69) is 10.3 Å². The molecule has 23 heavy (non-hydrogen) atoms. The normalized spacial score (nSPS) is 10.7. The van der Waals surface area contributed by atoms with Gasteiger partial charge in [0, 0.05) is 30.4 Å². The molecule has 0 unspecified atom stereocenters. The summed E-state index contributed by atoms with van der Waals surface area (Å²) in [5.74, 6) is -0.144. The largest absolute Gasteiger partial charge is 0.350 e. The van der Waals surface area contributed by atoms with Crippen molar-refractivity contribution in [2.24, 2.45) is 0 Å². The van der Waals surface area contributed by atoms with E-state index in [-0.39, 0.29) is 11.5 Å². The molecule has 5 heteroatoms. The molecule has 3 aromatic rings. The van der Waals surface area contributed by atoms with Gasteiger partial charge in [0.2, 0.25) is 0 Å². The Morgan fingerprint density at radius 3 is 2.78 bits per heavy atom. The van der Waals surface area contributed by atoms with E-state index in [1.807, 2.05) is 36.4 Å². The van der Waals surface area contributed by atoms with Crippen LogP contribution in [-0.4, -0.2) is 22.0 Å². The number of hydrogen-bond acceptors (Lipinski definition) is 3. The molecule has 5 nitrogen and oxygen atoms in total. The van der Waals surface area contributed by atoms with Crippen molar-refractivity contribution in [2.45, 2.75) is 13.5 Å². The minimum Gasteiger partial charge on any atom is -0.350 e. The van der Waals surface area contributed by atoms with Crippen molar-refractivity contribution in [3.63, 3.8) is 0 Å². The van der Waals surface area contributed by atoms with Crippen molar-refractivity contribution in [1.82, 2.24) is 14.9 Å². The molecule has 0 saturated carbocycles. The molecule has 0 fully saturated rings. The number of hydrogen-bond donors (Lipinski definition) is 1. The Balaban J connectivity index is 1.71. The third kappa shape index (κ3) is 3.29. The minimum absolute atomic E-state index is 0.114. The van der Waals surface area contributed by atoms with E-state index in [4.69, 9.17) is 0 Å². The van der Waals surface area contributed by atoms with Gasteiger partial charge < -0.3 is 5.32 Å². The first-order chi connectivity index (χ1) is 11.1. The van der Waals surface area contributed by atoms with Crippen molar-refractivity contribution < 1.29 is 4.79 Å². The molecule has 2 aromatic carbocycles. The fourth-order valence-corrected chi connectivity index (χ4v) is 2.49. The zero-order valence-corrected chi connectivity index (χ0v) is 12.8. The molecule has 0 atom stereocenters. The van der Waals surface area contributed by atoms with Crippen LogP contribution in [-0.2, 0) is 6.54 Å². The standard InChI is InChI=1S/C18H17N3O2/c1-13-11-17(22)21(12-20-13)10-9-19-18(23)16-8-4-6-14-5-2-3-7-15(14)16/h2-8,11-12H,9-10H2,1H3,(H,19,23). The topological polar surface area (TPSA) is 64.0 Å². The zero-order valence-electron chi connectivity index (χ0n) is 12.8. The number of fused-ring (bicyclic) bond motifs is 1. The highest BCUT2D eigenvalue weighted by atomic mass is 16.1. The number of nitrogens with zero attached hydrogens (tertiary/aromatic N) is 2. The zero-order chi connectivity index (χ0) is 16.2. The first-order valence-corrected chi connectivity index (χ1v) is 7.44. The average Bonchev–Trinajstić information content (AvgIpc) is 2.56. The Morgan fingerprint density at radius 1 is 1.17 bits per heavy atom. The number of rotatable bonds is 4. The first kappa shape index (κ1) is 15.0. The Bertz CT molecular complexity index is 910. The van der Waals surface area contributed by atoms with Gasteiger partial charge in [0.05, 0.1) is 6.33 Å². The predicted molar refractivity (Wildman–Crippen MR) is 89.5 cm³/mol. The van der Waals surface area contributed by atoms with E-state index < -0.39 is 0 Å². The molecular formula is C18H17N3O2. The van der Waals surface area contributed by atoms with E-state index >= 15 is 0 Å². The van der Waals surface area contributed by atoms with E-state index in [0.29, 0.717) is 24.3 Å². The van der Waals surface area contributed by atoms with Gasteiger partial charge in [-0.1, -0.05) is 36.4 Å². The second-order valence-electron chi connectivity index (χ2n) is 5.34. The van der Waals surface area contributed by atoms with Gasteiger partial charge in [-0.2, -0.15) is 0 Å². The maximum Gasteiger partial charge on any atom is 0.253 e. The third-order valence-electron chi connectivity index (χ3n) is 3.69. The van der Waals surface area contributed by atoms with Gasteiger partial charge in [0.25, 0.3) is 11.5 Å². The molecule has 0 aliphatic rings. The molecule has 1 aromatic heterocycles. The lowest BCUT2D eigenvalue weighted by Gasteiger charge is -2.09. The van der Waals surface area contributed by atoms with Crippen molar-refractivity contribution in [3.05, 3.63) is 76.5 Å². The van der Waals surface area contributed by atoms with Crippen molar-refractivity contribution in [1.29, 1.82) is 0 Å². The molecule has 1 heterocycles. The molecule has 0 bridgehead atoms. The van der Waals surface area contributed by atoms with Crippen LogP contribution in [0.2, 0.25) is 0 Å². The van der Waals surface area contributed by atoms with Gasteiger partial charge in [0.1, 0.15) is 0 Å². The summed E-state index contributed by atoms with van der Waals surface area (Å²) in [6.45, 7) is 2.53. The smallest absolute Gasteiger partial charge is 0.253 e. The highest BCUT2D eigenvalue weighted by Crippen LogP contribution is 2.18. The van der Waals surface area contributed by atoms with Crippen molar-refractivity contribution >= 4 is 16.7 Å². The van der Waals surface area contributed by atoms with Gasteiger partial charge in [-0.15, -0.1) is 0 Å². The summed E-state index contributed by atoms with van der Waals surface area (Å²) in [6, 6.07) is 14.9. The molecule has 0 saturated heterocycles. The Morgan fingerprint density at radius 2 is 1.96 bits per heavy atom. The highest BCUT2D eigenvalue weighted by Gasteiger charge is 2.09. The van der Waals surface area contributed by atoms with Crippen LogP contribution in [0.25, 0.3) is 10.8 Å². The quantitative estimate of drug-likeness (QED) is 0.803. The number of nitrogens with one attached hydrogen (secondary N) is 1. The monoisotopic (exact) mass is 307 g/mol. The van der Waals surface area contributed by atoms with Crippen LogP contribution in [0.3, 0.4) is 0 Å². The van der Waals surface area contributed by atoms with E-state index in [1.165, 1.54) is 17.0 Å². The predicted octanol–water partition coefficient (Wildman–Crippen LogP) is 2.13. The van der Waals surface area contributed by atoms with Gasteiger partial charge in [-0.05, 0) is 23.8 Å². The Labute approximate surface area is 133 Å². The molecule has 0 spiro atoms. The molecule has 1 amide bonds. The van der Waals surface area contributed by atoms with E-state index in [0.717, 1.165) is 10.8 Å². The lowest BCUT2D eigenvalue weighted by molar-refractivity contribution is 0.0954. The van der Waals surface area contributed by atoms with Crippen LogP contribution < -0.4 is 10.9 Å². The summed E-state index contributed by atoms with van der Waals surface area (Å²) in [5, 5.41) is 4.80. The number of amides is 1. The molecule has 116 valence electrons.